The number of amides is 1. The standard InChI is InChI=1S/C22H26N4O3S3/c1-12-5-6-16-17(8-12)32-19-18(16)20(28)26(9-15-4-3-7-29-15)22(25-19)31-11-14-10-30-21(24-14)23-13(2)27/h10,12,15H,3-9,11H2,1-2H3,(H,23,24,27). The van der Waals surface area contributed by atoms with E-state index in [1.54, 1.807) is 11.3 Å². The molecule has 1 N–H and O–H groups in total. The zero-order chi connectivity index (χ0) is 22.2. The molecule has 0 saturated carbocycles. The van der Waals surface area contributed by atoms with E-state index in [1.807, 2.05) is 9.95 Å². The van der Waals surface area contributed by atoms with E-state index in [0.717, 1.165) is 59.8 Å². The number of thiophene rings is 1. The first-order chi connectivity index (χ1) is 15.5. The maximum absolute atomic E-state index is 13.7. The molecule has 1 aliphatic carbocycles. The maximum Gasteiger partial charge on any atom is 0.263 e. The highest BCUT2D eigenvalue weighted by Gasteiger charge is 2.26. The van der Waals surface area contributed by atoms with Crippen LogP contribution in [-0.4, -0.2) is 33.2 Å². The minimum absolute atomic E-state index is 0.0615. The van der Waals surface area contributed by atoms with Gasteiger partial charge in [-0.2, -0.15) is 0 Å². The van der Waals surface area contributed by atoms with Crippen molar-refractivity contribution in [3.63, 3.8) is 0 Å². The lowest BCUT2D eigenvalue weighted by Gasteiger charge is -2.18. The first-order valence-corrected chi connectivity index (χ1v) is 13.7. The number of fused-ring (bicyclic) bond motifs is 3. The van der Waals surface area contributed by atoms with E-state index in [2.05, 4.69) is 17.2 Å². The van der Waals surface area contributed by atoms with Crippen molar-refractivity contribution in [3.8, 4) is 0 Å². The van der Waals surface area contributed by atoms with E-state index in [0.29, 0.717) is 23.3 Å². The predicted molar refractivity (Wildman–Crippen MR) is 130 cm³/mol. The van der Waals surface area contributed by atoms with Crippen molar-refractivity contribution in [1.82, 2.24) is 14.5 Å². The summed E-state index contributed by atoms with van der Waals surface area (Å²) < 4.78 is 7.67. The lowest BCUT2D eigenvalue weighted by Crippen LogP contribution is -2.29. The minimum atomic E-state index is -0.132. The Balaban J connectivity index is 1.48. The van der Waals surface area contributed by atoms with Gasteiger partial charge >= 0.3 is 0 Å². The van der Waals surface area contributed by atoms with E-state index in [1.165, 1.54) is 40.5 Å². The van der Waals surface area contributed by atoms with Crippen LogP contribution >= 0.6 is 34.4 Å². The number of hydrogen-bond donors (Lipinski definition) is 1. The van der Waals surface area contributed by atoms with Crippen LogP contribution in [0.4, 0.5) is 5.13 Å². The van der Waals surface area contributed by atoms with Gasteiger partial charge < -0.3 is 10.1 Å². The number of thiazole rings is 1. The molecule has 1 aliphatic heterocycles. The summed E-state index contributed by atoms with van der Waals surface area (Å²) in [6, 6.07) is 0. The molecule has 1 fully saturated rings. The minimum Gasteiger partial charge on any atom is -0.376 e. The number of anilines is 1. The highest BCUT2D eigenvalue weighted by atomic mass is 32.2. The topological polar surface area (TPSA) is 86.1 Å². The average Bonchev–Trinajstić information content (AvgIpc) is 3.48. The van der Waals surface area contributed by atoms with Crippen LogP contribution in [0.1, 0.15) is 49.2 Å². The molecule has 10 heteroatoms. The normalized spacial score (nSPS) is 20.6. The number of nitrogens with zero attached hydrogens (tertiary/aromatic N) is 3. The number of nitrogens with one attached hydrogen (secondary N) is 1. The third-order valence-corrected chi connectivity index (χ3v) is 8.94. The van der Waals surface area contributed by atoms with E-state index in [9.17, 15) is 9.59 Å². The number of aromatic nitrogens is 3. The summed E-state index contributed by atoms with van der Waals surface area (Å²) in [5, 5.41) is 6.79. The van der Waals surface area contributed by atoms with Crippen molar-refractivity contribution in [1.29, 1.82) is 0 Å². The number of rotatable bonds is 6. The summed E-state index contributed by atoms with van der Waals surface area (Å²) in [7, 11) is 0. The Morgan fingerprint density at radius 3 is 3.03 bits per heavy atom. The Bertz CT molecular complexity index is 1210. The zero-order valence-electron chi connectivity index (χ0n) is 18.2. The summed E-state index contributed by atoms with van der Waals surface area (Å²) >= 11 is 4.62. The van der Waals surface area contributed by atoms with Gasteiger partial charge in [0, 0.05) is 29.5 Å². The molecule has 1 amide bonds. The molecule has 3 aromatic heterocycles. The van der Waals surface area contributed by atoms with Crippen LogP contribution in [0.5, 0.6) is 0 Å². The molecular weight excluding hydrogens is 464 g/mol. The highest BCUT2D eigenvalue weighted by Crippen LogP contribution is 2.37. The fourth-order valence-electron chi connectivity index (χ4n) is 4.39. The van der Waals surface area contributed by atoms with Crippen molar-refractivity contribution in [3.05, 3.63) is 31.9 Å². The molecule has 7 nitrogen and oxygen atoms in total. The van der Waals surface area contributed by atoms with Gasteiger partial charge in [-0.05, 0) is 43.6 Å². The molecule has 0 bridgehead atoms. The third-order valence-electron chi connectivity index (χ3n) is 5.97. The number of carbonyl (C=O) groups excluding carboxylic acids is 1. The number of thioether (sulfide) groups is 1. The van der Waals surface area contributed by atoms with Crippen molar-refractivity contribution in [2.75, 3.05) is 11.9 Å². The molecule has 0 aromatic carbocycles. The molecule has 5 rings (SSSR count). The zero-order valence-corrected chi connectivity index (χ0v) is 20.6. The van der Waals surface area contributed by atoms with Gasteiger partial charge in [-0.25, -0.2) is 9.97 Å². The maximum atomic E-state index is 13.7. The molecule has 2 aliphatic rings. The van der Waals surface area contributed by atoms with E-state index < -0.39 is 0 Å². The molecule has 0 radical (unpaired) electrons. The molecule has 2 atom stereocenters. The van der Waals surface area contributed by atoms with Crippen molar-refractivity contribution in [2.45, 2.75) is 69.5 Å². The van der Waals surface area contributed by atoms with E-state index in [4.69, 9.17) is 9.72 Å². The molecule has 32 heavy (non-hydrogen) atoms. The molecular formula is C22H26N4O3S3. The number of ether oxygens (including phenoxy) is 1. The van der Waals surface area contributed by atoms with Crippen molar-refractivity contribution < 1.29 is 9.53 Å². The van der Waals surface area contributed by atoms with Gasteiger partial charge in [-0.3, -0.25) is 14.2 Å². The van der Waals surface area contributed by atoms with Crippen LogP contribution in [0.2, 0.25) is 0 Å². The fourth-order valence-corrected chi connectivity index (χ4v) is 7.57. The quantitative estimate of drug-likeness (QED) is 0.405. The number of hydrogen-bond acceptors (Lipinski definition) is 8. The average molecular weight is 491 g/mol. The van der Waals surface area contributed by atoms with Gasteiger partial charge in [0.25, 0.3) is 5.56 Å². The lowest BCUT2D eigenvalue weighted by molar-refractivity contribution is -0.114. The lowest BCUT2D eigenvalue weighted by atomic mass is 9.89. The summed E-state index contributed by atoms with van der Waals surface area (Å²) in [5.41, 5.74) is 2.15. The van der Waals surface area contributed by atoms with Gasteiger partial charge in [0.15, 0.2) is 10.3 Å². The Kier molecular flexibility index (Phi) is 6.37. The molecule has 3 aromatic rings. The molecule has 1 saturated heterocycles. The highest BCUT2D eigenvalue weighted by molar-refractivity contribution is 7.98. The van der Waals surface area contributed by atoms with Gasteiger partial charge in [-0.15, -0.1) is 22.7 Å². The Morgan fingerprint density at radius 2 is 2.25 bits per heavy atom. The van der Waals surface area contributed by atoms with Crippen molar-refractivity contribution in [2.24, 2.45) is 5.92 Å². The second-order valence-corrected chi connectivity index (χ2v) is 11.5. The fraction of sp³-hybridized carbons (Fsp3) is 0.545. The molecule has 170 valence electrons. The monoisotopic (exact) mass is 490 g/mol. The summed E-state index contributed by atoms with van der Waals surface area (Å²) in [6.07, 6.45) is 5.19. The first-order valence-electron chi connectivity index (χ1n) is 11.0. The largest absolute Gasteiger partial charge is 0.376 e. The molecule has 0 spiro atoms. The van der Waals surface area contributed by atoms with Crippen LogP contribution in [0, 0.1) is 5.92 Å². The number of carbonyl (C=O) groups is 1. The SMILES string of the molecule is CC(=O)Nc1nc(CSc2nc3sc4c(c3c(=O)n2CC2CCCO2)CCC(C)C4)cs1. The van der Waals surface area contributed by atoms with Crippen molar-refractivity contribution >= 4 is 55.7 Å². The van der Waals surface area contributed by atoms with Gasteiger partial charge in [0.1, 0.15) is 4.83 Å². The van der Waals surface area contributed by atoms with Crippen LogP contribution in [0.3, 0.4) is 0 Å². The van der Waals surface area contributed by atoms with Gasteiger partial charge in [-0.1, -0.05) is 18.7 Å². The van der Waals surface area contributed by atoms with Crippen LogP contribution in [-0.2, 0) is 34.7 Å². The Morgan fingerprint density at radius 1 is 1.38 bits per heavy atom. The first kappa shape index (κ1) is 22.1. The van der Waals surface area contributed by atoms with Gasteiger partial charge in [0.05, 0.1) is 23.7 Å². The smallest absolute Gasteiger partial charge is 0.263 e. The van der Waals surface area contributed by atoms with Crippen LogP contribution < -0.4 is 10.9 Å². The van der Waals surface area contributed by atoms with E-state index >= 15 is 0 Å². The predicted octanol–water partition coefficient (Wildman–Crippen LogP) is 4.47. The van der Waals surface area contributed by atoms with Crippen LogP contribution in [0.15, 0.2) is 15.3 Å². The van der Waals surface area contributed by atoms with E-state index in [-0.39, 0.29) is 17.6 Å². The Labute approximate surface area is 198 Å². The molecule has 2 unspecified atom stereocenters. The summed E-state index contributed by atoms with van der Waals surface area (Å²) in [6.45, 7) is 5.05. The van der Waals surface area contributed by atoms with Gasteiger partial charge in [0.2, 0.25) is 5.91 Å². The third kappa shape index (κ3) is 4.50. The number of aryl methyl sites for hydroxylation is 1. The second kappa shape index (κ2) is 9.24. The van der Waals surface area contributed by atoms with Crippen LogP contribution in [0.25, 0.3) is 10.2 Å². The summed E-state index contributed by atoms with van der Waals surface area (Å²) in [4.78, 5) is 36.6. The Hall–Kier alpha value is -1.75. The second-order valence-electron chi connectivity index (χ2n) is 8.59. The summed E-state index contributed by atoms with van der Waals surface area (Å²) in [5.74, 6) is 1.11. The molecule has 4 heterocycles.